The van der Waals surface area contributed by atoms with Crippen molar-refractivity contribution in [3.05, 3.63) is 41.2 Å². The van der Waals surface area contributed by atoms with Crippen LogP contribution in [0.2, 0.25) is 0 Å². The molecule has 1 amide bonds. The molecule has 0 N–H and O–H groups in total. The zero-order chi connectivity index (χ0) is 17.2. The molecular weight excluding hydrogens is 351 g/mol. The Morgan fingerprint density at radius 2 is 1.88 bits per heavy atom. The van der Waals surface area contributed by atoms with Crippen molar-refractivity contribution < 1.29 is 17.6 Å². The van der Waals surface area contributed by atoms with Crippen molar-refractivity contribution in [1.29, 1.82) is 0 Å². The molecule has 1 aromatic carbocycles. The first kappa shape index (κ1) is 17.0. The van der Waals surface area contributed by atoms with Gasteiger partial charge in [0.2, 0.25) is 5.91 Å². The van der Waals surface area contributed by atoms with Gasteiger partial charge in [0.15, 0.2) is 9.84 Å². The van der Waals surface area contributed by atoms with Gasteiger partial charge in [-0.25, -0.2) is 17.8 Å². The Morgan fingerprint density at radius 3 is 2.54 bits per heavy atom. The first-order chi connectivity index (χ1) is 11.4. The van der Waals surface area contributed by atoms with Crippen molar-refractivity contribution in [2.75, 3.05) is 18.8 Å². The lowest BCUT2D eigenvalue weighted by atomic mass is 10.2. The van der Waals surface area contributed by atoms with Gasteiger partial charge in [-0.3, -0.25) is 4.79 Å². The molecular formula is C16H17FN2O3S2. The summed E-state index contributed by atoms with van der Waals surface area (Å²) in [4.78, 5) is 17.9. The lowest BCUT2D eigenvalue weighted by Crippen LogP contribution is -2.33. The number of hydrogen-bond acceptors (Lipinski definition) is 5. The van der Waals surface area contributed by atoms with E-state index < -0.39 is 15.6 Å². The predicted molar refractivity (Wildman–Crippen MR) is 90.8 cm³/mol. The Kier molecular flexibility index (Phi) is 4.96. The van der Waals surface area contributed by atoms with Crippen LogP contribution in [0.3, 0.4) is 0 Å². The van der Waals surface area contributed by atoms with Crippen molar-refractivity contribution in [1.82, 2.24) is 9.88 Å². The molecule has 0 spiro atoms. The molecule has 3 rings (SSSR count). The lowest BCUT2D eigenvalue weighted by Gasteiger charge is -2.14. The third-order valence-electron chi connectivity index (χ3n) is 3.81. The summed E-state index contributed by atoms with van der Waals surface area (Å²) < 4.78 is 37.4. The molecule has 0 bridgehead atoms. The van der Waals surface area contributed by atoms with Crippen molar-refractivity contribution in [2.45, 2.75) is 18.6 Å². The summed E-state index contributed by atoms with van der Waals surface area (Å²) in [5.74, 6) is -1.40. The molecule has 2 heterocycles. The molecule has 0 aliphatic carbocycles. The summed E-state index contributed by atoms with van der Waals surface area (Å²) >= 11 is 1.30. The number of carbonyl (C=O) groups is 1. The lowest BCUT2D eigenvalue weighted by molar-refractivity contribution is -0.127. The van der Waals surface area contributed by atoms with Gasteiger partial charge < -0.3 is 4.90 Å². The largest absolute Gasteiger partial charge is 0.342 e. The maximum absolute atomic E-state index is 12.9. The molecule has 1 saturated heterocycles. The van der Waals surface area contributed by atoms with Gasteiger partial charge in [0, 0.05) is 24.0 Å². The van der Waals surface area contributed by atoms with E-state index in [1.165, 1.54) is 23.5 Å². The van der Waals surface area contributed by atoms with Gasteiger partial charge in [-0.05, 0) is 37.1 Å². The molecule has 128 valence electrons. The number of benzene rings is 1. The quantitative estimate of drug-likeness (QED) is 0.813. The molecule has 1 fully saturated rings. The number of likely N-dealkylation sites (tertiary alicyclic amines) is 1. The van der Waals surface area contributed by atoms with Crippen LogP contribution < -0.4 is 0 Å². The van der Waals surface area contributed by atoms with E-state index in [-0.39, 0.29) is 17.5 Å². The number of amides is 1. The van der Waals surface area contributed by atoms with Gasteiger partial charge >= 0.3 is 0 Å². The van der Waals surface area contributed by atoms with Gasteiger partial charge in [0.25, 0.3) is 0 Å². The summed E-state index contributed by atoms with van der Waals surface area (Å²) in [6.07, 6.45) is 1.86. The molecule has 24 heavy (non-hydrogen) atoms. The molecule has 0 unspecified atom stereocenters. The average Bonchev–Trinajstić information content (AvgIpc) is 3.18. The number of rotatable bonds is 5. The minimum atomic E-state index is -3.55. The highest BCUT2D eigenvalue weighted by atomic mass is 32.2. The van der Waals surface area contributed by atoms with Crippen molar-refractivity contribution >= 4 is 27.1 Å². The van der Waals surface area contributed by atoms with Crippen LogP contribution in [0.15, 0.2) is 29.6 Å². The maximum Gasteiger partial charge on any atom is 0.237 e. The Hall–Kier alpha value is -1.80. The molecule has 1 aliphatic rings. The fraction of sp³-hybridized carbons (Fsp3) is 0.375. The monoisotopic (exact) mass is 368 g/mol. The zero-order valence-corrected chi connectivity index (χ0v) is 14.6. The molecule has 0 saturated carbocycles. The third kappa shape index (κ3) is 4.18. The van der Waals surface area contributed by atoms with Crippen molar-refractivity contribution in [3.8, 4) is 10.6 Å². The van der Waals surface area contributed by atoms with Crippen LogP contribution >= 0.6 is 11.3 Å². The minimum absolute atomic E-state index is 0.260. The van der Waals surface area contributed by atoms with Crippen molar-refractivity contribution in [3.63, 3.8) is 0 Å². The number of nitrogens with zero attached hydrogens (tertiary/aromatic N) is 2. The molecule has 2 aromatic rings. The zero-order valence-electron chi connectivity index (χ0n) is 12.9. The normalized spacial score (nSPS) is 15.0. The number of hydrogen-bond donors (Lipinski definition) is 0. The molecule has 0 atom stereocenters. The summed E-state index contributed by atoms with van der Waals surface area (Å²) in [7, 11) is -3.55. The van der Waals surface area contributed by atoms with Crippen molar-refractivity contribution in [2.24, 2.45) is 0 Å². The van der Waals surface area contributed by atoms with E-state index in [2.05, 4.69) is 4.98 Å². The van der Waals surface area contributed by atoms with Gasteiger partial charge in [-0.1, -0.05) is 0 Å². The Morgan fingerprint density at radius 1 is 1.21 bits per heavy atom. The Balaban J connectivity index is 1.67. The topological polar surface area (TPSA) is 67.3 Å². The van der Waals surface area contributed by atoms with Crippen LogP contribution in [0.4, 0.5) is 4.39 Å². The van der Waals surface area contributed by atoms with Crippen LogP contribution in [-0.2, 0) is 20.4 Å². The highest BCUT2D eigenvalue weighted by Gasteiger charge is 2.25. The molecule has 8 heteroatoms. The minimum Gasteiger partial charge on any atom is -0.342 e. The highest BCUT2D eigenvalue weighted by Crippen LogP contribution is 2.24. The fourth-order valence-electron chi connectivity index (χ4n) is 2.62. The SMILES string of the molecule is O=C(CS(=O)(=O)Cc1csc(-c2ccc(F)cc2)n1)N1CCCC1. The molecule has 1 aromatic heterocycles. The van der Waals surface area contributed by atoms with Crippen LogP contribution in [0.25, 0.3) is 10.6 Å². The second-order valence-corrected chi connectivity index (χ2v) is 8.69. The van der Waals surface area contributed by atoms with E-state index in [0.29, 0.717) is 23.8 Å². The van der Waals surface area contributed by atoms with Crippen LogP contribution in [-0.4, -0.2) is 43.1 Å². The number of carbonyl (C=O) groups excluding carboxylic acids is 1. The van der Waals surface area contributed by atoms with Crippen LogP contribution in [0, 0.1) is 5.82 Å². The summed E-state index contributed by atoms with van der Waals surface area (Å²) in [6, 6.07) is 5.87. The first-order valence-corrected chi connectivity index (χ1v) is 10.3. The number of thiazole rings is 1. The number of sulfone groups is 1. The van der Waals surface area contributed by atoms with Gasteiger partial charge in [0.1, 0.15) is 16.6 Å². The fourth-order valence-corrected chi connectivity index (χ4v) is 4.81. The predicted octanol–water partition coefficient (Wildman–Crippen LogP) is 2.49. The molecule has 0 radical (unpaired) electrons. The Bertz CT molecular complexity index is 825. The van der Waals surface area contributed by atoms with Gasteiger partial charge in [0.05, 0.1) is 11.4 Å². The van der Waals surface area contributed by atoms with Gasteiger partial charge in [-0.15, -0.1) is 11.3 Å². The number of aromatic nitrogens is 1. The summed E-state index contributed by atoms with van der Waals surface area (Å²) in [6.45, 7) is 1.28. The summed E-state index contributed by atoms with van der Waals surface area (Å²) in [5, 5.41) is 2.29. The second-order valence-electron chi connectivity index (χ2n) is 5.77. The van der Waals surface area contributed by atoms with E-state index in [9.17, 15) is 17.6 Å². The maximum atomic E-state index is 12.9. The average molecular weight is 368 g/mol. The Labute approximate surface area is 144 Å². The van der Waals surface area contributed by atoms with Gasteiger partial charge in [-0.2, -0.15) is 0 Å². The standard InChI is InChI=1S/C16H17FN2O3S2/c17-13-5-3-12(4-6-13)16-18-14(9-23-16)10-24(21,22)11-15(20)19-7-1-2-8-19/h3-6,9H,1-2,7-8,10-11H2. The van der Waals surface area contributed by atoms with E-state index in [4.69, 9.17) is 0 Å². The van der Waals surface area contributed by atoms with E-state index in [0.717, 1.165) is 18.4 Å². The number of halogens is 1. The highest BCUT2D eigenvalue weighted by molar-refractivity contribution is 7.91. The van der Waals surface area contributed by atoms with E-state index in [1.807, 2.05) is 0 Å². The second kappa shape index (κ2) is 6.98. The van der Waals surface area contributed by atoms with E-state index >= 15 is 0 Å². The first-order valence-electron chi connectivity index (χ1n) is 7.61. The molecule has 5 nitrogen and oxygen atoms in total. The van der Waals surface area contributed by atoms with Crippen LogP contribution in [0.1, 0.15) is 18.5 Å². The smallest absolute Gasteiger partial charge is 0.237 e. The molecule has 1 aliphatic heterocycles. The van der Waals surface area contributed by atoms with E-state index in [1.54, 1.807) is 22.4 Å². The van der Waals surface area contributed by atoms with Crippen LogP contribution in [0.5, 0.6) is 0 Å². The summed E-state index contributed by atoms with van der Waals surface area (Å²) in [5.41, 5.74) is 1.15. The third-order valence-corrected chi connectivity index (χ3v) is 6.18.